The molecule has 0 amide bonds. The van der Waals surface area contributed by atoms with Gasteiger partial charge in [-0.05, 0) is 29.7 Å². The van der Waals surface area contributed by atoms with Gasteiger partial charge in [-0.15, -0.1) is 0 Å². The third kappa shape index (κ3) is 4.09. The zero-order valence-corrected chi connectivity index (χ0v) is 18.4. The minimum Gasteiger partial charge on any atom is -0.337 e. The molecule has 1 heterocycles. The molecule has 0 atom stereocenters. The van der Waals surface area contributed by atoms with Crippen molar-refractivity contribution in [3.8, 4) is 0 Å². The molecule has 0 saturated carbocycles. The Morgan fingerprint density at radius 1 is 0.765 bits per heavy atom. The molecule has 0 fully saturated rings. The zero-order valence-electron chi connectivity index (χ0n) is 17.5. The molecule has 0 aliphatic carbocycles. The summed E-state index contributed by atoms with van der Waals surface area (Å²) in [5, 5.41) is 16.2. The van der Waals surface area contributed by atoms with E-state index in [1.54, 1.807) is 18.2 Å². The third-order valence-electron chi connectivity index (χ3n) is 5.18. The van der Waals surface area contributed by atoms with Crippen molar-refractivity contribution in [1.29, 1.82) is 0 Å². The van der Waals surface area contributed by atoms with Gasteiger partial charge >= 0.3 is 0 Å². The van der Waals surface area contributed by atoms with Gasteiger partial charge in [-0.2, -0.15) is 0 Å². The number of para-hydroxylation sites is 2. The maximum Gasteiger partial charge on any atom is 0.270 e. The van der Waals surface area contributed by atoms with Crippen molar-refractivity contribution in [2.75, 3.05) is 10.0 Å². The maximum absolute atomic E-state index is 13.1. The number of nitro benzene ring substituents is 1. The van der Waals surface area contributed by atoms with Crippen LogP contribution in [0, 0.1) is 10.1 Å². The molecule has 0 spiro atoms. The van der Waals surface area contributed by atoms with Gasteiger partial charge in [0, 0.05) is 23.2 Å². The van der Waals surface area contributed by atoms with E-state index in [1.807, 2.05) is 48.5 Å². The lowest BCUT2D eigenvalue weighted by Crippen LogP contribution is -2.16. The molecule has 2 N–H and O–H groups in total. The number of rotatable bonds is 6. The van der Waals surface area contributed by atoms with Gasteiger partial charge in [0.25, 0.3) is 15.7 Å². The Morgan fingerprint density at radius 3 is 2.18 bits per heavy atom. The van der Waals surface area contributed by atoms with E-state index in [-0.39, 0.29) is 22.2 Å². The van der Waals surface area contributed by atoms with E-state index in [1.165, 1.54) is 18.2 Å². The number of hydrogen-bond acceptors (Lipinski definition) is 7. The summed E-state index contributed by atoms with van der Waals surface area (Å²) in [6, 6.07) is 25.4. The average molecular weight is 471 g/mol. The van der Waals surface area contributed by atoms with E-state index in [0.29, 0.717) is 11.0 Å². The van der Waals surface area contributed by atoms with Gasteiger partial charge in [0.2, 0.25) is 0 Å². The van der Waals surface area contributed by atoms with Gasteiger partial charge in [0.1, 0.15) is 0 Å². The number of sulfonamides is 1. The second-order valence-corrected chi connectivity index (χ2v) is 9.10. The van der Waals surface area contributed by atoms with Crippen LogP contribution in [0.4, 0.5) is 23.0 Å². The molecule has 0 aliphatic rings. The van der Waals surface area contributed by atoms with Crippen LogP contribution in [0.15, 0.2) is 95.9 Å². The number of non-ortho nitro benzene ring substituents is 1. The van der Waals surface area contributed by atoms with Crippen LogP contribution in [0.2, 0.25) is 0 Å². The van der Waals surface area contributed by atoms with Crippen molar-refractivity contribution in [2.45, 2.75) is 4.90 Å². The number of fused-ring (bicyclic) bond motifs is 2. The van der Waals surface area contributed by atoms with Crippen LogP contribution in [0.25, 0.3) is 21.8 Å². The SMILES string of the molecule is O=[N+]([O-])c1cccc(S(=O)(=O)Nc2nc3ccccc3nc2Nc2cccc3ccccc23)c1. The highest BCUT2D eigenvalue weighted by Gasteiger charge is 2.21. The van der Waals surface area contributed by atoms with Crippen LogP contribution in [0.5, 0.6) is 0 Å². The lowest BCUT2D eigenvalue weighted by atomic mass is 10.1. The first kappa shape index (κ1) is 21.3. The minimum absolute atomic E-state index is 0.0295. The fourth-order valence-electron chi connectivity index (χ4n) is 3.57. The van der Waals surface area contributed by atoms with E-state index in [0.717, 1.165) is 22.5 Å². The van der Waals surface area contributed by atoms with Crippen LogP contribution in [0.1, 0.15) is 0 Å². The normalized spacial score (nSPS) is 11.4. The molecular formula is C24H17N5O4S. The number of benzene rings is 4. The quantitative estimate of drug-likeness (QED) is 0.256. The summed E-state index contributed by atoms with van der Waals surface area (Å²) in [6.45, 7) is 0. The molecule has 34 heavy (non-hydrogen) atoms. The Bertz CT molecular complexity index is 1670. The largest absolute Gasteiger partial charge is 0.337 e. The van der Waals surface area contributed by atoms with Crippen LogP contribution in [-0.4, -0.2) is 23.3 Å². The van der Waals surface area contributed by atoms with Crippen molar-refractivity contribution in [3.05, 3.63) is 101 Å². The number of nitrogens with one attached hydrogen (secondary N) is 2. The molecule has 10 heteroatoms. The van der Waals surface area contributed by atoms with Gasteiger partial charge in [-0.3, -0.25) is 14.8 Å². The summed E-state index contributed by atoms with van der Waals surface area (Å²) in [7, 11) is -4.19. The predicted molar refractivity (Wildman–Crippen MR) is 131 cm³/mol. The van der Waals surface area contributed by atoms with E-state index >= 15 is 0 Å². The second-order valence-electron chi connectivity index (χ2n) is 7.42. The van der Waals surface area contributed by atoms with Gasteiger partial charge in [0.05, 0.1) is 20.9 Å². The summed E-state index contributed by atoms with van der Waals surface area (Å²) in [5.41, 5.74) is 1.45. The van der Waals surface area contributed by atoms with E-state index in [4.69, 9.17) is 0 Å². The topological polar surface area (TPSA) is 127 Å². The highest BCUT2D eigenvalue weighted by atomic mass is 32.2. The molecule has 0 aliphatic heterocycles. The summed E-state index contributed by atoms with van der Waals surface area (Å²) in [4.78, 5) is 19.3. The van der Waals surface area contributed by atoms with Crippen LogP contribution in [0.3, 0.4) is 0 Å². The number of hydrogen-bond donors (Lipinski definition) is 2. The minimum atomic E-state index is -4.19. The van der Waals surface area contributed by atoms with Crippen molar-refractivity contribution in [3.63, 3.8) is 0 Å². The van der Waals surface area contributed by atoms with Crippen molar-refractivity contribution < 1.29 is 13.3 Å². The summed E-state index contributed by atoms with van der Waals surface area (Å²) < 4.78 is 28.6. The van der Waals surface area contributed by atoms with E-state index in [2.05, 4.69) is 20.0 Å². The third-order valence-corrected chi connectivity index (χ3v) is 6.52. The summed E-state index contributed by atoms with van der Waals surface area (Å²) >= 11 is 0. The monoisotopic (exact) mass is 471 g/mol. The standard InChI is InChI=1S/C24H17N5O4S/c30-29(31)17-9-6-10-18(15-17)34(32,33)28-24-23(26-21-12-3-4-13-22(21)27-24)25-20-14-5-8-16-7-1-2-11-19(16)20/h1-15H,(H,25,26)(H,27,28). The molecule has 0 saturated heterocycles. The molecule has 5 rings (SSSR count). The summed E-state index contributed by atoms with van der Waals surface area (Å²) in [5.74, 6) is 0.169. The fraction of sp³-hybridized carbons (Fsp3) is 0. The lowest BCUT2D eigenvalue weighted by Gasteiger charge is -2.15. The number of nitro groups is 1. The van der Waals surface area contributed by atoms with Gasteiger partial charge < -0.3 is 5.32 Å². The molecule has 9 nitrogen and oxygen atoms in total. The van der Waals surface area contributed by atoms with Crippen LogP contribution >= 0.6 is 0 Å². The van der Waals surface area contributed by atoms with E-state index < -0.39 is 14.9 Å². The Labute approximate surface area is 194 Å². The summed E-state index contributed by atoms with van der Waals surface area (Å²) in [6.07, 6.45) is 0. The van der Waals surface area contributed by atoms with Crippen molar-refractivity contribution in [2.24, 2.45) is 0 Å². The molecule has 5 aromatic rings. The molecule has 1 aromatic heterocycles. The fourth-order valence-corrected chi connectivity index (χ4v) is 4.62. The highest BCUT2D eigenvalue weighted by molar-refractivity contribution is 7.92. The zero-order chi connectivity index (χ0) is 23.7. The molecule has 168 valence electrons. The number of aromatic nitrogens is 2. The van der Waals surface area contributed by atoms with Crippen LogP contribution < -0.4 is 10.0 Å². The molecule has 0 radical (unpaired) electrons. The smallest absolute Gasteiger partial charge is 0.270 e. The Morgan fingerprint density at radius 2 is 1.41 bits per heavy atom. The van der Waals surface area contributed by atoms with Crippen molar-refractivity contribution >= 4 is 54.8 Å². The lowest BCUT2D eigenvalue weighted by molar-refractivity contribution is -0.385. The second kappa shape index (κ2) is 8.41. The Hall–Kier alpha value is -4.57. The first-order chi connectivity index (χ1) is 16.4. The Balaban J connectivity index is 1.61. The number of nitrogens with zero attached hydrogens (tertiary/aromatic N) is 3. The molecular weight excluding hydrogens is 454 g/mol. The molecule has 0 unspecified atom stereocenters. The van der Waals surface area contributed by atoms with E-state index in [9.17, 15) is 18.5 Å². The maximum atomic E-state index is 13.1. The first-order valence-electron chi connectivity index (χ1n) is 10.2. The Kier molecular flexibility index (Phi) is 5.27. The highest BCUT2D eigenvalue weighted by Crippen LogP contribution is 2.31. The van der Waals surface area contributed by atoms with Gasteiger partial charge in [-0.1, -0.05) is 54.6 Å². The van der Waals surface area contributed by atoms with Gasteiger partial charge in [0.15, 0.2) is 11.6 Å². The molecule has 4 aromatic carbocycles. The predicted octanol–water partition coefficient (Wildman–Crippen LogP) is 5.24. The number of anilines is 3. The van der Waals surface area contributed by atoms with Crippen molar-refractivity contribution in [1.82, 2.24) is 9.97 Å². The van der Waals surface area contributed by atoms with Crippen LogP contribution in [-0.2, 0) is 10.0 Å². The first-order valence-corrected chi connectivity index (χ1v) is 11.7. The molecule has 0 bridgehead atoms. The van der Waals surface area contributed by atoms with Gasteiger partial charge in [-0.25, -0.2) is 18.4 Å². The average Bonchev–Trinajstić information content (AvgIpc) is 2.84.